The molecule has 1 saturated carbocycles. The maximum Gasteiger partial charge on any atom is 0.314 e. The highest BCUT2D eigenvalue weighted by Gasteiger charge is 2.32. The van der Waals surface area contributed by atoms with Crippen molar-refractivity contribution >= 4 is 5.78 Å². The van der Waals surface area contributed by atoms with Gasteiger partial charge in [0.25, 0.3) is 5.89 Å². The van der Waals surface area contributed by atoms with Gasteiger partial charge in [0.2, 0.25) is 5.89 Å². The highest BCUT2D eigenvalue weighted by molar-refractivity contribution is 6.03. The van der Waals surface area contributed by atoms with Gasteiger partial charge in [-0.1, -0.05) is 54.6 Å². The molecule has 1 unspecified atom stereocenters. The van der Waals surface area contributed by atoms with Gasteiger partial charge in [-0.25, -0.2) is 0 Å². The molecule has 0 bridgehead atoms. The van der Waals surface area contributed by atoms with Crippen molar-refractivity contribution in [2.75, 3.05) is 0 Å². The Balaban J connectivity index is 1.26. The standard InChI is InChI=1S/C28H22F2N2O2/c29-26(30)28-32-31-27(34-28)21-11-10-20-14-22(25(33)24(20)15-21)13-18-4-1-2-7-23(18)19-6-3-5-17(12-19)16-8-9-16/h1-7,10-12,15-16,22,26H,8-9,13-14H2. The van der Waals surface area contributed by atoms with Gasteiger partial charge in [-0.3, -0.25) is 4.79 Å². The summed E-state index contributed by atoms with van der Waals surface area (Å²) in [6, 6.07) is 22.3. The first-order valence-electron chi connectivity index (χ1n) is 11.5. The average molecular weight is 456 g/mol. The van der Waals surface area contributed by atoms with Crippen molar-refractivity contribution in [2.45, 2.75) is 38.0 Å². The monoisotopic (exact) mass is 456 g/mol. The zero-order valence-electron chi connectivity index (χ0n) is 18.4. The maximum absolute atomic E-state index is 13.3. The van der Waals surface area contributed by atoms with Crippen molar-refractivity contribution in [3.63, 3.8) is 0 Å². The number of alkyl halides is 2. The SMILES string of the molecule is O=C1c2cc(-c3nnc(C(F)F)o3)ccc2CC1Cc1ccccc1-c1cccc(C2CC2)c1. The molecule has 2 aliphatic rings. The highest BCUT2D eigenvalue weighted by atomic mass is 19.3. The molecule has 170 valence electrons. The maximum atomic E-state index is 13.3. The Hall–Kier alpha value is -3.67. The number of Topliss-reactive ketones (excluding diaryl/α,β-unsaturated/α-hetero) is 1. The molecule has 4 nitrogen and oxygen atoms in total. The zero-order chi connectivity index (χ0) is 23.2. The Bertz CT molecular complexity index is 1390. The molecular formula is C28H22F2N2O2. The number of benzene rings is 3. The number of carbonyl (C=O) groups excluding carboxylic acids is 1. The van der Waals surface area contributed by atoms with Crippen LogP contribution in [0, 0.1) is 5.92 Å². The fourth-order valence-corrected chi connectivity index (χ4v) is 4.92. The van der Waals surface area contributed by atoms with Crippen LogP contribution in [0.4, 0.5) is 8.78 Å². The Morgan fingerprint density at radius 2 is 1.76 bits per heavy atom. The summed E-state index contributed by atoms with van der Waals surface area (Å²) < 4.78 is 30.7. The first-order valence-corrected chi connectivity index (χ1v) is 11.5. The molecule has 6 rings (SSSR count). The number of carbonyl (C=O) groups is 1. The van der Waals surface area contributed by atoms with Gasteiger partial charge in [0.15, 0.2) is 5.78 Å². The van der Waals surface area contributed by atoms with E-state index >= 15 is 0 Å². The van der Waals surface area contributed by atoms with Crippen molar-refractivity contribution in [1.82, 2.24) is 10.2 Å². The molecule has 0 N–H and O–H groups in total. The van der Waals surface area contributed by atoms with Crippen molar-refractivity contribution in [1.29, 1.82) is 0 Å². The van der Waals surface area contributed by atoms with E-state index in [2.05, 4.69) is 46.6 Å². The third kappa shape index (κ3) is 3.83. The molecule has 1 heterocycles. The molecule has 4 aromatic rings. The summed E-state index contributed by atoms with van der Waals surface area (Å²) >= 11 is 0. The van der Waals surface area contributed by atoms with Crippen LogP contribution in [0.25, 0.3) is 22.6 Å². The van der Waals surface area contributed by atoms with Crippen LogP contribution < -0.4 is 0 Å². The molecule has 6 heteroatoms. The second-order valence-corrected chi connectivity index (χ2v) is 9.14. The van der Waals surface area contributed by atoms with Crippen molar-refractivity contribution in [2.24, 2.45) is 5.92 Å². The summed E-state index contributed by atoms with van der Waals surface area (Å²) in [6.45, 7) is 0. The van der Waals surface area contributed by atoms with Crippen LogP contribution in [0.2, 0.25) is 0 Å². The fraction of sp³-hybridized carbons (Fsp3) is 0.250. The van der Waals surface area contributed by atoms with E-state index in [0.717, 1.165) is 11.1 Å². The van der Waals surface area contributed by atoms with Crippen LogP contribution in [0.5, 0.6) is 0 Å². The number of ketones is 1. The second-order valence-electron chi connectivity index (χ2n) is 9.14. The van der Waals surface area contributed by atoms with Gasteiger partial charge in [-0.2, -0.15) is 8.78 Å². The minimum Gasteiger partial charge on any atom is -0.415 e. The lowest BCUT2D eigenvalue weighted by Crippen LogP contribution is -2.12. The van der Waals surface area contributed by atoms with Crippen LogP contribution in [0.3, 0.4) is 0 Å². The molecule has 2 aliphatic carbocycles. The van der Waals surface area contributed by atoms with Crippen LogP contribution in [-0.4, -0.2) is 16.0 Å². The number of halogens is 2. The summed E-state index contributed by atoms with van der Waals surface area (Å²) in [6.07, 6.45) is 0.982. The highest BCUT2D eigenvalue weighted by Crippen LogP contribution is 2.42. The second kappa shape index (κ2) is 8.28. The zero-order valence-corrected chi connectivity index (χ0v) is 18.4. The number of rotatable bonds is 6. The molecule has 0 radical (unpaired) electrons. The topological polar surface area (TPSA) is 56.0 Å². The van der Waals surface area contributed by atoms with E-state index < -0.39 is 12.3 Å². The normalized spacial score (nSPS) is 17.4. The first kappa shape index (κ1) is 20.9. The summed E-state index contributed by atoms with van der Waals surface area (Å²) in [5.74, 6) is -0.149. The Kier molecular flexibility index (Phi) is 5.09. The molecule has 0 amide bonds. The number of hydrogen-bond acceptors (Lipinski definition) is 4. The van der Waals surface area contributed by atoms with E-state index in [1.807, 2.05) is 18.2 Å². The minimum atomic E-state index is -2.83. The number of fused-ring (bicyclic) bond motifs is 1. The molecule has 3 aromatic carbocycles. The smallest absolute Gasteiger partial charge is 0.314 e. The third-order valence-corrected chi connectivity index (χ3v) is 6.82. The molecule has 0 saturated heterocycles. The van der Waals surface area contributed by atoms with Gasteiger partial charge in [0.05, 0.1) is 0 Å². The predicted molar refractivity (Wildman–Crippen MR) is 124 cm³/mol. The molecule has 1 aromatic heterocycles. The van der Waals surface area contributed by atoms with E-state index in [1.165, 1.54) is 29.5 Å². The minimum absolute atomic E-state index is 0.00441. The first-order chi connectivity index (χ1) is 16.6. The number of hydrogen-bond donors (Lipinski definition) is 0. The summed E-state index contributed by atoms with van der Waals surface area (Å²) in [7, 11) is 0. The van der Waals surface area contributed by atoms with Gasteiger partial charge < -0.3 is 4.42 Å². The van der Waals surface area contributed by atoms with Gasteiger partial charge >= 0.3 is 6.43 Å². The summed E-state index contributed by atoms with van der Waals surface area (Å²) in [5.41, 5.74) is 6.94. The molecule has 1 atom stereocenters. The van der Waals surface area contributed by atoms with Crippen LogP contribution in [-0.2, 0) is 12.8 Å². The van der Waals surface area contributed by atoms with E-state index in [4.69, 9.17) is 4.42 Å². The van der Waals surface area contributed by atoms with Gasteiger partial charge in [0, 0.05) is 17.0 Å². The van der Waals surface area contributed by atoms with E-state index in [9.17, 15) is 13.6 Å². The quantitative estimate of drug-likeness (QED) is 0.320. The van der Waals surface area contributed by atoms with E-state index in [-0.39, 0.29) is 17.6 Å². The van der Waals surface area contributed by atoms with Gasteiger partial charge in [0.1, 0.15) is 0 Å². The average Bonchev–Trinajstić information content (AvgIpc) is 3.51. The largest absolute Gasteiger partial charge is 0.415 e. The van der Waals surface area contributed by atoms with Crippen LogP contribution in [0.1, 0.15) is 58.1 Å². The van der Waals surface area contributed by atoms with Gasteiger partial charge in [-0.15, -0.1) is 10.2 Å². The molecule has 0 aliphatic heterocycles. The Morgan fingerprint density at radius 1 is 0.912 bits per heavy atom. The molecule has 0 spiro atoms. The fourth-order valence-electron chi connectivity index (χ4n) is 4.92. The number of aromatic nitrogens is 2. The molecule has 1 fully saturated rings. The summed E-state index contributed by atoms with van der Waals surface area (Å²) in [5, 5.41) is 7.09. The lowest BCUT2D eigenvalue weighted by atomic mass is 9.89. The lowest BCUT2D eigenvalue weighted by molar-refractivity contribution is 0.0936. The molecular weight excluding hydrogens is 434 g/mol. The third-order valence-electron chi connectivity index (χ3n) is 6.82. The van der Waals surface area contributed by atoms with Crippen LogP contribution in [0.15, 0.2) is 71.1 Å². The Labute approximate surface area is 195 Å². The van der Waals surface area contributed by atoms with Gasteiger partial charge in [-0.05, 0) is 71.6 Å². The summed E-state index contributed by atoms with van der Waals surface area (Å²) in [4.78, 5) is 13.3. The number of nitrogens with zero attached hydrogens (tertiary/aromatic N) is 2. The van der Waals surface area contributed by atoms with Crippen molar-refractivity contribution < 1.29 is 18.0 Å². The van der Waals surface area contributed by atoms with Crippen molar-refractivity contribution in [3.8, 4) is 22.6 Å². The van der Waals surface area contributed by atoms with Crippen molar-refractivity contribution in [3.05, 3.63) is 94.9 Å². The van der Waals surface area contributed by atoms with Crippen LogP contribution >= 0.6 is 0 Å². The Morgan fingerprint density at radius 3 is 2.56 bits per heavy atom. The lowest BCUT2D eigenvalue weighted by Gasteiger charge is -2.14. The molecule has 34 heavy (non-hydrogen) atoms. The van der Waals surface area contributed by atoms with E-state index in [0.29, 0.717) is 29.9 Å². The predicted octanol–water partition coefficient (Wildman–Crippen LogP) is 6.82. The van der Waals surface area contributed by atoms with E-state index in [1.54, 1.807) is 12.1 Å².